The summed E-state index contributed by atoms with van der Waals surface area (Å²) >= 11 is 0. The Kier molecular flexibility index (Phi) is 967. The van der Waals surface area contributed by atoms with Crippen LogP contribution in [0.2, 0.25) is 0 Å². The Bertz CT molecular complexity index is 80.5. The van der Waals surface area contributed by atoms with E-state index in [0.29, 0.717) is 0 Å². The third-order valence-electron chi connectivity index (χ3n) is 0.236. The molecule has 0 atom stereocenters. The molecular formula is C9H17MnO6-. The molecule has 0 aromatic carbocycles. The van der Waals surface area contributed by atoms with Gasteiger partial charge in [-0.3, -0.25) is 6.29 Å². The van der Waals surface area contributed by atoms with Crippen LogP contribution < -0.4 is 0 Å². The maximum absolute atomic E-state index is 9.38. The minimum Gasteiger partial charge on any atom is -0.542 e. The fourth-order valence-electron chi connectivity index (χ4n) is 0. The molecule has 0 aliphatic heterocycles. The number of rotatable bonds is 1. The zero-order valence-corrected chi connectivity index (χ0v) is 10.6. The molecule has 0 aromatic rings. The molecule has 0 unspecified atom stereocenters. The first kappa shape index (κ1) is 46.9. The van der Waals surface area contributed by atoms with Gasteiger partial charge in [-0.25, -0.2) is 0 Å². The van der Waals surface area contributed by atoms with E-state index in [2.05, 4.69) is 0 Å². The molecular weight excluding hydrogens is 259 g/mol. The molecule has 0 spiro atoms. The quantitative estimate of drug-likeness (QED) is 0.486. The van der Waals surface area contributed by atoms with E-state index in [1.807, 2.05) is 33.9 Å². The van der Waals surface area contributed by atoms with Crippen molar-refractivity contribution in [3.8, 4) is 0 Å². The van der Waals surface area contributed by atoms with Crippen molar-refractivity contribution in [2.24, 2.45) is 5.92 Å². The molecule has 16 heavy (non-hydrogen) atoms. The van der Waals surface area contributed by atoms with Gasteiger partial charge in [-0.15, -0.1) is 5.92 Å². The Morgan fingerprint density at radius 2 is 0.750 bits per heavy atom. The van der Waals surface area contributed by atoms with E-state index >= 15 is 0 Å². The average molecular weight is 276 g/mol. The summed E-state index contributed by atoms with van der Waals surface area (Å²) in [6, 6.07) is 0. The maximum Gasteiger partial charge on any atom is 0.106 e. The molecule has 97 valence electrons. The summed E-state index contributed by atoms with van der Waals surface area (Å²) in [7, 11) is 0. The van der Waals surface area contributed by atoms with Gasteiger partial charge in [-0.1, -0.05) is 13.8 Å². The van der Waals surface area contributed by atoms with Crippen LogP contribution in [0.3, 0.4) is 0 Å². The molecule has 7 heteroatoms. The van der Waals surface area contributed by atoms with Gasteiger partial charge in [0.15, 0.2) is 0 Å². The van der Waals surface area contributed by atoms with Crippen LogP contribution >= 0.6 is 0 Å². The van der Waals surface area contributed by atoms with E-state index in [9.17, 15) is 4.79 Å². The SMILES string of the molecule is C=O.C=O.C=O.C=O.C=O.CC(C)[C-]=O.[Mn]. The van der Waals surface area contributed by atoms with Crippen LogP contribution in [-0.4, -0.2) is 40.2 Å². The molecule has 1 radical (unpaired) electrons. The number of hydrogen-bond acceptors (Lipinski definition) is 6. The van der Waals surface area contributed by atoms with Crippen molar-refractivity contribution in [1.29, 1.82) is 0 Å². The van der Waals surface area contributed by atoms with Gasteiger partial charge in [0, 0.05) is 17.1 Å². The largest absolute Gasteiger partial charge is 0.542 e. The third kappa shape index (κ3) is 5740. The second-order valence-electron chi connectivity index (χ2n) is 1.27. The van der Waals surface area contributed by atoms with Crippen LogP contribution in [0.1, 0.15) is 13.8 Å². The summed E-state index contributed by atoms with van der Waals surface area (Å²) in [6.45, 7) is 13.6. The van der Waals surface area contributed by atoms with Gasteiger partial charge in [-0.2, -0.15) is 0 Å². The van der Waals surface area contributed by atoms with Crippen molar-refractivity contribution in [2.75, 3.05) is 0 Å². The normalized spacial score (nSPS) is 3.94. The number of hydrogen-bond donors (Lipinski definition) is 0. The average Bonchev–Trinajstić information content (AvgIpc) is 2.41. The molecule has 0 aromatic heterocycles. The first-order valence-electron chi connectivity index (χ1n) is 3.09. The zero-order chi connectivity index (χ0) is 14.3. The molecule has 0 saturated heterocycles. The first-order valence-corrected chi connectivity index (χ1v) is 3.09. The predicted molar refractivity (Wildman–Crippen MR) is 56.1 cm³/mol. The summed E-state index contributed by atoms with van der Waals surface area (Å²) < 4.78 is 0. The summed E-state index contributed by atoms with van der Waals surface area (Å²) in [5.74, 6) is 0.0787. The number of carbonyl (C=O) groups is 5. The van der Waals surface area contributed by atoms with E-state index < -0.39 is 0 Å². The molecule has 0 N–H and O–H groups in total. The molecule has 0 saturated carbocycles. The van der Waals surface area contributed by atoms with Crippen LogP contribution in [0.15, 0.2) is 0 Å². The van der Waals surface area contributed by atoms with Crippen molar-refractivity contribution in [3.63, 3.8) is 0 Å². The third-order valence-corrected chi connectivity index (χ3v) is 0.236. The molecule has 0 heterocycles. The Hall–Kier alpha value is -1.46. The summed E-state index contributed by atoms with van der Waals surface area (Å²) in [5.41, 5.74) is 0. The van der Waals surface area contributed by atoms with Crippen LogP contribution in [-0.2, 0) is 45.8 Å². The second-order valence-corrected chi connectivity index (χ2v) is 1.27. The Balaban J connectivity index is -0.0000000130. The van der Waals surface area contributed by atoms with Crippen molar-refractivity contribution in [3.05, 3.63) is 0 Å². The predicted octanol–water partition coefficient (Wildman–Crippen LogP) is -0.175. The van der Waals surface area contributed by atoms with E-state index in [-0.39, 0.29) is 23.0 Å². The fraction of sp³-hybridized carbons (Fsp3) is 0.333. The van der Waals surface area contributed by atoms with Crippen LogP contribution in [0.5, 0.6) is 0 Å². The van der Waals surface area contributed by atoms with Crippen molar-refractivity contribution >= 4 is 40.2 Å². The van der Waals surface area contributed by atoms with Crippen molar-refractivity contribution in [2.45, 2.75) is 13.8 Å². The van der Waals surface area contributed by atoms with Gasteiger partial charge >= 0.3 is 0 Å². The first-order chi connectivity index (χ1) is 7.27. The monoisotopic (exact) mass is 276 g/mol. The second kappa shape index (κ2) is 330. The van der Waals surface area contributed by atoms with Crippen molar-refractivity contribution in [1.82, 2.24) is 0 Å². The van der Waals surface area contributed by atoms with E-state index in [4.69, 9.17) is 24.0 Å². The van der Waals surface area contributed by atoms with E-state index in [1.54, 1.807) is 20.1 Å². The van der Waals surface area contributed by atoms with Gasteiger partial charge in [-0.05, 0) is 0 Å². The van der Waals surface area contributed by atoms with Gasteiger partial charge in [0.2, 0.25) is 0 Å². The Morgan fingerprint density at radius 1 is 0.688 bits per heavy atom. The summed E-state index contributed by atoms with van der Waals surface area (Å²) in [4.78, 5) is 49.4. The maximum atomic E-state index is 9.38. The molecule has 0 amide bonds. The van der Waals surface area contributed by atoms with Crippen LogP contribution in [0.25, 0.3) is 0 Å². The van der Waals surface area contributed by atoms with Gasteiger partial charge < -0.3 is 28.8 Å². The topological polar surface area (TPSA) is 102 Å². The standard InChI is InChI=1S/C4H7O.5CH2O.Mn/c1-4(2)3-5;5*1-2;/h4H,1-2H3;5*1H2;/q-1;;;;;;. The molecule has 6 nitrogen and oxygen atoms in total. The van der Waals surface area contributed by atoms with E-state index in [0.717, 1.165) is 0 Å². The minimum absolute atomic E-state index is 0. The van der Waals surface area contributed by atoms with Gasteiger partial charge in [0.1, 0.15) is 33.9 Å². The summed E-state index contributed by atoms with van der Waals surface area (Å²) in [5, 5.41) is 0. The molecule has 0 aliphatic rings. The zero-order valence-electron chi connectivity index (χ0n) is 9.44. The molecule has 0 bridgehead atoms. The summed E-state index contributed by atoms with van der Waals surface area (Å²) in [6.07, 6.45) is 1.78. The smallest absolute Gasteiger partial charge is 0.106 e. The van der Waals surface area contributed by atoms with Gasteiger partial charge in [0.05, 0.1) is 0 Å². The Labute approximate surface area is 106 Å². The molecule has 0 rings (SSSR count). The van der Waals surface area contributed by atoms with Crippen LogP contribution in [0, 0.1) is 5.92 Å². The minimum atomic E-state index is 0. The molecule has 0 fully saturated rings. The van der Waals surface area contributed by atoms with E-state index in [1.165, 1.54) is 0 Å². The van der Waals surface area contributed by atoms with Gasteiger partial charge in [0.25, 0.3) is 0 Å². The number of carbonyl (C=O) groups excluding carboxylic acids is 6. The molecule has 0 aliphatic carbocycles. The van der Waals surface area contributed by atoms with Crippen molar-refractivity contribution < 1.29 is 45.8 Å². The fourth-order valence-corrected chi connectivity index (χ4v) is 0. The Morgan fingerprint density at radius 3 is 0.750 bits per heavy atom. The van der Waals surface area contributed by atoms with Crippen LogP contribution in [0.4, 0.5) is 0 Å².